The van der Waals surface area contributed by atoms with Crippen molar-refractivity contribution in [3.8, 4) is 0 Å². The van der Waals surface area contributed by atoms with E-state index in [-0.39, 0.29) is 6.61 Å². The normalized spacial score (nSPS) is 12.7. The zero-order chi connectivity index (χ0) is 10.9. The lowest BCUT2D eigenvalue weighted by Crippen LogP contribution is -2.28. The molecule has 0 amide bonds. The van der Waals surface area contributed by atoms with Crippen LogP contribution in [0, 0.1) is 0 Å². The second-order valence-electron chi connectivity index (χ2n) is 2.99. The highest BCUT2D eigenvalue weighted by molar-refractivity contribution is 4.54. The smallest absolute Gasteiger partial charge is 0.151 e. The molecule has 5 nitrogen and oxygen atoms in total. The van der Waals surface area contributed by atoms with Gasteiger partial charge >= 0.3 is 0 Å². The molecule has 0 saturated carbocycles. The molecule has 0 aromatic carbocycles. The highest BCUT2D eigenvalue weighted by atomic mass is 16.5. The van der Waals surface area contributed by atoms with Gasteiger partial charge in [0, 0.05) is 6.54 Å². The zero-order valence-electron chi connectivity index (χ0n) is 8.51. The first-order valence-corrected chi connectivity index (χ1v) is 4.23. The van der Waals surface area contributed by atoms with Crippen LogP contribution in [0.1, 0.15) is 13.3 Å². The van der Waals surface area contributed by atoms with E-state index in [4.69, 9.17) is 20.4 Å². The van der Waals surface area contributed by atoms with Crippen molar-refractivity contribution < 1.29 is 20.4 Å². The van der Waals surface area contributed by atoms with Gasteiger partial charge < -0.3 is 25.3 Å². The van der Waals surface area contributed by atoms with Gasteiger partial charge in [0.1, 0.15) is 0 Å². The van der Waals surface area contributed by atoms with Crippen LogP contribution in [-0.2, 0) is 0 Å². The number of hydrogen-bond donors (Lipinski definition) is 4. The largest absolute Gasteiger partial charge is 0.394 e. The van der Waals surface area contributed by atoms with Crippen molar-refractivity contribution in [2.24, 2.45) is 0 Å². The molecule has 5 heteroatoms. The molecule has 13 heavy (non-hydrogen) atoms. The fraction of sp³-hybridized carbons (Fsp3) is 1.00. The van der Waals surface area contributed by atoms with Crippen molar-refractivity contribution in [2.75, 3.05) is 27.2 Å². The molecule has 0 aliphatic rings. The van der Waals surface area contributed by atoms with Crippen LogP contribution in [0.2, 0.25) is 0 Å². The predicted octanol–water partition coefficient (Wildman–Crippen LogP) is -1.39. The molecule has 0 heterocycles. The fourth-order valence-electron chi connectivity index (χ4n) is 0.479. The minimum atomic E-state index is -1.12. The molecule has 82 valence electrons. The van der Waals surface area contributed by atoms with E-state index in [0.717, 1.165) is 0 Å². The van der Waals surface area contributed by atoms with Crippen molar-refractivity contribution >= 4 is 0 Å². The van der Waals surface area contributed by atoms with E-state index < -0.39 is 12.4 Å². The summed E-state index contributed by atoms with van der Waals surface area (Å²) in [6.07, 6.45) is -1.29. The van der Waals surface area contributed by atoms with Gasteiger partial charge in [0.2, 0.25) is 0 Å². The first-order chi connectivity index (χ1) is 5.93. The maximum atomic E-state index is 8.74. The second-order valence-corrected chi connectivity index (χ2v) is 2.99. The molecule has 0 fully saturated rings. The molecule has 0 aromatic heterocycles. The Bertz CT molecular complexity index is 98.1. The minimum Gasteiger partial charge on any atom is -0.394 e. The van der Waals surface area contributed by atoms with Crippen molar-refractivity contribution in [1.29, 1.82) is 0 Å². The number of rotatable bonds is 4. The average Bonchev–Trinajstić information content (AvgIpc) is 2.04. The topological polar surface area (TPSA) is 84.2 Å². The van der Waals surface area contributed by atoms with Gasteiger partial charge in [0.05, 0.1) is 12.7 Å². The molecule has 0 spiro atoms. The molecule has 0 rings (SSSR count). The van der Waals surface area contributed by atoms with E-state index in [9.17, 15) is 0 Å². The number of hydrogen-bond acceptors (Lipinski definition) is 5. The Labute approximate surface area is 79.2 Å². The van der Waals surface area contributed by atoms with E-state index in [1.807, 2.05) is 19.0 Å². The lowest BCUT2D eigenvalue weighted by molar-refractivity contribution is -0.0413. The van der Waals surface area contributed by atoms with Crippen LogP contribution in [0.5, 0.6) is 0 Å². The highest BCUT2D eigenvalue weighted by Crippen LogP contribution is 1.81. The van der Waals surface area contributed by atoms with Gasteiger partial charge in [-0.25, -0.2) is 0 Å². The molecule has 0 radical (unpaired) electrons. The number of likely N-dealkylation sites (N-methyl/N-ethyl adjacent to an activating group) is 1. The van der Waals surface area contributed by atoms with Crippen LogP contribution in [0.4, 0.5) is 0 Å². The van der Waals surface area contributed by atoms with Gasteiger partial charge in [0.15, 0.2) is 6.29 Å². The monoisotopic (exact) mass is 195 g/mol. The third-order valence-corrected chi connectivity index (χ3v) is 1.15. The van der Waals surface area contributed by atoms with Crippen molar-refractivity contribution in [3.05, 3.63) is 0 Å². The summed E-state index contributed by atoms with van der Waals surface area (Å²) >= 11 is 0. The van der Waals surface area contributed by atoms with Gasteiger partial charge in [-0.15, -0.1) is 0 Å². The van der Waals surface area contributed by atoms with Gasteiger partial charge in [-0.2, -0.15) is 0 Å². The summed E-state index contributed by atoms with van der Waals surface area (Å²) in [6, 6.07) is 0. The lowest BCUT2D eigenvalue weighted by atomic mass is 10.4. The van der Waals surface area contributed by atoms with Crippen LogP contribution < -0.4 is 0 Å². The van der Waals surface area contributed by atoms with Crippen LogP contribution in [0.3, 0.4) is 0 Å². The summed E-state index contributed by atoms with van der Waals surface area (Å²) in [5, 5.41) is 32.9. The fourth-order valence-corrected chi connectivity index (χ4v) is 0.479. The first-order valence-electron chi connectivity index (χ1n) is 4.23. The van der Waals surface area contributed by atoms with Gasteiger partial charge in [-0.3, -0.25) is 0 Å². The van der Waals surface area contributed by atoms with Crippen molar-refractivity contribution in [2.45, 2.75) is 25.7 Å². The quantitative estimate of drug-likeness (QED) is 0.415. The van der Waals surface area contributed by atoms with Crippen molar-refractivity contribution in [3.63, 3.8) is 0 Å². The lowest BCUT2D eigenvalue weighted by Gasteiger charge is -2.12. The summed E-state index contributed by atoms with van der Waals surface area (Å²) < 4.78 is 0. The molecule has 0 bridgehead atoms. The summed E-state index contributed by atoms with van der Waals surface area (Å²) in [5.74, 6) is 0. The number of aliphatic hydroxyl groups is 4. The molecule has 1 unspecified atom stereocenters. The van der Waals surface area contributed by atoms with Gasteiger partial charge in [-0.05, 0) is 20.5 Å². The third kappa shape index (κ3) is 18.6. The summed E-state index contributed by atoms with van der Waals surface area (Å²) in [5.41, 5.74) is 0. The molecule has 0 aliphatic carbocycles. The van der Waals surface area contributed by atoms with E-state index in [0.29, 0.717) is 13.0 Å². The van der Waals surface area contributed by atoms with Crippen LogP contribution in [-0.4, -0.2) is 65.0 Å². The number of aliphatic hydroxyl groups excluding tert-OH is 3. The molecule has 0 aliphatic heterocycles. The van der Waals surface area contributed by atoms with Gasteiger partial charge in [0.25, 0.3) is 0 Å². The van der Waals surface area contributed by atoms with E-state index in [1.54, 1.807) is 6.92 Å². The maximum absolute atomic E-state index is 8.74. The molecular formula is C8H21NO4. The predicted molar refractivity (Wildman–Crippen MR) is 50.2 cm³/mol. The van der Waals surface area contributed by atoms with Crippen LogP contribution in [0.15, 0.2) is 0 Å². The van der Waals surface area contributed by atoms with Crippen LogP contribution >= 0.6 is 0 Å². The Hall–Kier alpha value is -0.200. The molecular weight excluding hydrogens is 174 g/mol. The van der Waals surface area contributed by atoms with Gasteiger partial charge in [-0.1, -0.05) is 6.92 Å². The van der Waals surface area contributed by atoms with E-state index in [1.165, 1.54) is 0 Å². The standard InChI is InChI=1S/C5H13NO2.C3H8O2/c1-6(2)3-5(8)4-7;1-2-3(4)5/h5,7-8H,3-4H2,1-2H3;3-5H,2H2,1H3. The average molecular weight is 195 g/mol. The Morgan fingerprint density at radius 1 is 1.15 bits per heavy atom. The molecule has 0 aromatic rings. The van der Waals surface area contributed by atoms with E-state index >= 15 is 0 Å². The summed E-state index contributed by atoms with van der Waals surface area (Å²) in [4.78, 5) is 1.82. The van der Waals surface area contributed by atoms with E-state index in [2.05, 4.69) is 0 Å². The second kappa shape index (κ2) is 9.88. The third-order valence-electron chi connectivity index (χ3n) is 1.15. The first kappa shape index (κ1) is 15.3. The number of nitrogens with zero attached hydrogens (tertiary/aromatic N) is 1. The molecule has 0 saturated heterocycles. The molecule has 4 N–H and O–H groups in total. The van der Waals surface area contributed by atoms with Crippen molar-refractivity contribution in [1.82, 2.24) is 4.90 Å². The Morgan fingerprint density at radius 2 is 1.54 bits per heavy atom. The minimum absolute atomic E-state index is 0.155. The molecule has 1 atom stereocenters. The Kier molecular flexibility index (Phi) is 11.6. The SMILES string of the molecule is CCC(O)O.CN(C)CC(O)CO. The Balaban J connectivity index is 0. The van der Waals surface area contributed by atoms with Crippen LogP contribution in [0.25, 0.3) is 0 Å². The summed E-state index contributed by atoms with van der Waals surface area (Å²) in [7, 11) is 3.69. The maximum Gasteiger partial charge on any atom is 0.151 e. The highest BCUT2D eigenvalue weighted by Gasteiger charge is 2.00. The Morgan fingerprint density at radius 3 is 1.62 bits per heavy atom. The zero-order valence-corrected chi connectivity index (χ0v) is 8.51. The summed E-state index contributed by atoms with van der Waals surface area (Å²) in [6.45, 7) is 2.07.